The third kappa shape index (κ3) is 4.02. The Balaban J connectivity index is 2.56. The second kappa shape index (κ2) is 6.62. The summed E-state index contributed by atoms with van der Waals surface area (Å²) >= 11 is 6.00. The van der Waals surface area contributed by atoms with E-state index in [-0.39, 0.29) is 5.91 Å². The van der Waals surface area contributed by atoms with Gasteiger partial charge in [0.1, 0.15) is 6.10 Å². The molecule has 1 aromatic carbocycles. The molecule has 0 bridgehead atoms. The van der Waals surface area contributed by atoms with E-state index in [2.05, 4.69) is 5.32 Å². The van der Waals surface area contributed by atoms with Crippen molar-refractivity contribution in [3.05, 3.63) is 34.3 Å². The predicted molar refractivity (Wildman–Crippen MR) is 69.1 cm³/mol. The van der Waals surface area contributed by atoms with Gasteiger partial charge in [0.25, 0.3) is 0 Å². The Morgan fingerprint density at radius 3 is 2.88 bits per heavy atom. The van der Waals surface area contributed by atoms with Crippen molar-refractivity contribution in [3.63, 3.8) is 0 Å². The van der Waals surface area contributed by atoms with Crippen molar-refractivity contribution in [1.29, 1.82) is 0 Å². The quantitative estimate of drug-likeness (QED) is 0.879. The molecular weight excluding hydrogens is 238 g/mol. The van der Waals surface area contributed by atoms with Gasteiger partial charge in [-0.15, -0.1) is 0 Å². The third-order valence-corrected chi connectivity index (χ3v) is 3.03. The average Bonchev–Trinajstić information content (AvgIpc) is 2.31. The van der Waals surface area contributed by atoms with E-state index < -0.39 is 6.10 Å². The van der Waals surface area contributed by atoms with Crippen molar-refractivity contribution in [2.45, 2.75) is 33.4 Å². The summed E-state index contributed by atoms with van der Waals surface area (Å²) in [6.45, 7) is 6.55. The molecule has 0 aliphatic rings. The minimum absolute atomic E-state index is 0.105. The van der Waals surface area contributed by atoms with E-state index in [9.17, 15) is 4.79 Å². The Morgan fingerprint density at radius 2 is 2.24 bits per heavy atom. The van der Waals surface area contributed by atoms with Crippen LogP contribution in [0, 0.1) is 6.92 Å². The first-order chi connectivity index (χ1) is 8.06. The van der Waals surface area contributed by atoms with Crippen LogP contribution in [-0.2, 0) is 16.1 Å². The molecule has 0 unspecified atom stereocenters. The number of ether oxygens (including phenoxy) is 1. The highest BCUT2D eigenvalue weighted by Crippen LogP contribution is 2.18. The van der Waals surface area contributed by atoms with Crippen molar-refractivity contribution < 1.29 is 9.53 Å². The second-order valence-electron chi connectivity index (χ2n) is 3.84. The van der Waals surface area contributed by atoms with Gasteiger partial charge in [-0.1, -0.05) is 23.7 Å². The maximum Gasteiger partial charge on any atom is 0.249 e. The zero-order valence-corrected chi connectivity index (χ0v) is 11.2. The highest BCUT2D eigenvalue weighted by Gasteiger charge is 2.12. The van der Waals surface area contributed by atoms with E-state index in [1.54, 1.807) is 6.92 Å². The van der Waals surface area contributed by atoms with E-state index in [1.807, 2.05) is 32.0 Å². The van der Waals surface area contributed by atoms with E-state index in [4.69, 9.17) is 16.3 Å². The molecule has 0 radical (unpaired) electrons. The van der Waals surface area contributed by atoms with Crippen LogP contribution in [0.2, 0.25) is 5.02 Å². The molecule has 1 amide bonds. The molecule has 17 heavy (non-hydrogen) atoms. The van der Waals surface area contributed by atoms with Gasteiger partial charge in [-0.05, 0) is 38.0 Å². The number of benzene rings is 1. The number of carbonyl (C=O) groups excluding carboxylic acids is 1. The molecule has 1 rings (SSSR count). The second-order valence-corrected chi connectivity index (χ2v) is 4.25. The van der Waals surface area contributed by atoms with Gasteiger partial charge in [-0.3, -0.25) is 4.79 Å². The molecule has 0 spiro atoms. The lowest BCUT2D eigenvalue weighted by Crippen LogP contribution is -2.34. The lowest BCUT2D eigenvalue weighted by Gasteiger charge is -2.13. The van der Waals surface area contributed by atoms with Gasteiger partial charge in [0.05, 0.1) is 0 Å². The van der Waals surface area contributed by atoms with Gasteiger partial charge in [0, 0.05) is 18.2 Å². The van der Waals surface area contributed by atoms with Gasteiger partial charge in [-0.25, -0.2) is 0 Å². The summed E-state index contributed by atoms with van der Waals surface area (Å²) in [5, 5.41) is 3.55. The van der Waals surface area contributed by atoms with Crippen LogP contribution in [0.1, 0.15) is 25.0 Å². The summed E-state index contributed by atoms with van der Waals surface area (Å²) in [7, 11) is 0. The number of carbonyl (C=O) groups is 1. The maximum absolute atomic E-state index is 11.6. The first-order valence-corrected chi connectivity index (χ1v) is 6.07. The SMILES string of the molecule is CCO[C@@H](C)C(=O)NCc1cccc(Cl)c1C. The predicted octanol–water partition coefficient (Wildman–Crippen LogP) is 2.69. The van der Waals surface area contributed by atoms with Crippen LogP contribution in [0.25, 0.3) is 0 Å². The lowest BCUT2D eigenvalue weighted by molar-refractivity contribution is -0.131. The van der Waals surface area contributed by atoms with Crippen molar-refractivity contribution in [2.75, 3.05) is 6.61 Å². The summed E-state index contributed by atoms with van der Waals surface area (Å²) in [6, 6.07) is 5.67. The van der Waals surface area contributed by atoms with Crippen molar-refractivity contribution in [3.8, 4) is 0 Å². The largest absolute Gasteiger partial charge is 0.369 e. The standard InChI is InChI=1S/C13H18ClNO2/c1-4-17-10(3)13(16)15-8-11-6-5-7-12(14)9(11)2/h5-7,10H,4,8H2,1-3H3,(H,15,16)/t10-/m0/s1. The third-order valence-electron chi connectivity index (χ3n) is 2.62. The van der Waals surface area contributed by atoms with Crippen LogP contribution < -0.4 is 5.32 Å². The Hall–Kier alpha value is -1.06. The van der Waals surface area contributed by atoms with Crippen molar-refractivity contribution in [1.82, 2.24) is 5.32 Å². The molecule has 0 aliphatic heterocycles. The molecular formula is C13H18ClNO2. The summed E-state index contributed by atoms with van der Waals surface area (Å²) in [6.07, 6.45) is -0.417. The fourth-order valence-electron chi connectivity index (χ4n) is 1.50. The first kappa shape index (κ1) is 14.0. The Morgan fingerprint density at radius 1 is 1.53 bits per heavy atom. The van der Waals surface area contributed by atoms with Gasteiger partial charge < -0.3 is 10.1 Å². The molecule has 0 saturated heterocycles. The summed E-state index contributed by atoms with van der Waals surface area (Å²) in [5.41, 5.74) is 2.02. The van der Waals surface area contributed by atoms with Crippen molar-refractivity contribution >= 4 is 17.5 Å². The smallest absolute Gasteiger partial charge is 0.249 e. The zero-order valence-electron chi connectivity index (χ0n) is 10.4. The molecule has 3 nitrogen and oxygen atoms in total. The molecule has 1 N–H and O–H groups in total. The van der Waals surface area contributed by atoms with E-state index in [0.29, 0.717) is 13.2 Å². The summed E-state index contributed by atoms with van der Waals surface area (Å²) < 4.78 is 5.21. The maximum atomic E-state index is 11.6. The van der Waals surface area contributed by atoms with Crippen LogP contribution in [0.15, 0.2) is 18.2 Å². The number of amides is 1. The molecule has 0 aliphatic carbocycles. The monoisotopic (exact) mass is 255 g/mol. The van der Waals surface area contributed by atoms with E-state index >= 15 is 0 Å². The minimum Gasteiger partial charge on any atom is -0.369 e. The number of hydrogen-bond acceptors (Lipinski definition) is 2. The molecule has 94 valence electrons. The van der Waals surface area contributed by atoms with Crippen LogP contribution in [-0.4, -0.2) is 18.6 Å². The first-order valence-electron chi connectivity index (χ1n) is 5.69. The number of nitrogens with one attached hydrogen (secondary N) is 1. The Bertz CT molecular complexity index is 393. The summed E-state index contributed by atoms with van der Waals surface area (Å²) in [4.78, 5) is 11.6. The fourth-order valence-corrected chi connectivity index (χ4v) is 1.69. The molecule has 0 heterocycles. The Labute approximate surface area is 107 Å². The molecule has 0 saturated carbocycles. The van der Waals surface area contributed by atoms with Gasteiger partial charge in [-0.2, -0.15) is 0 Å². The topological polar surface area (TPSA) is 38.3 Å². The van der Waals surface area contributed by atoms with Crippen LogP contribution in [0.3, 0.4) is 0 Å². The van der Waals surface area contributed by atoms with Gasteiger partial charge in [0.15, 0.2) is 0 Å². The lowest BCUT2D eigenvalue weighted by atomic mass is 10.1. The number of halogens is 1. The van der Waals surface area contributed by atoms with Crippen molar-refractivity contribution in [2.24, 2.45) is 0 Å². The van der Waals surface area contributed by atoms with Crippen LogP contribution in [0.5, 0.6) is 0 Å². The molecule has 4 heteroatoms. The zero-order chi connectivity index (χ0) is 12.8. The van der Waals surface area contributed by atoms with E-state index in [1.165, 1.54) is 0 Å². The number of hydrogen-bond donors (Lipinski definition) is 1. The number of rotatable bonds is 5. The molecule has 0 fully saturated rings. The highest BCUT2D eigenvalue weighted by atomic mass is 35.5. The minimum atomic E-state index is -0.417. The molecule has 0 aromatic heterocycles. The average molecular weight is 256 g/mol. The van der Waals surface area contributed by atoms with Crippen LogP contribution in [0.4, 0.5) is 0 Å². The highest BCUT2D eigenvalue weighted by molar-refractivity contribution is 6.31. The molecule has 1 atom stereocenters. The van der Waals surface area contributed by atoms with Crippen LogP contribution >= 0.6 is 11.6 Å². The van der Waals surface area contributed by atoms with Gasteiger partial charge in [0.2, 0.25) is 5.91 Å². The summed E-state index contributed by atoms with van der Waals surface area (Å²) in [5.74, 6) is -0.105. The Kier molecular flexibility index (Phi) is 5.45. The van der Waals surface area contributed by atoms with Gasteiger partial charge >= 0.3 is 0 Å². The normalized spacial score (nSPS) is 12.2. The fraction of sp³-hybridized carbons (Fsp3) is 0.462. The van der Waals surface area contributed by atoms with E-state index in [0.717, 1.165) is 16.1 Å². The molecule has 1 aromatic rings.